The number of rotatable bonds is 3. The topological polar surface area (TPSA) is 16.1 Å². The van der Waals surface area contributed by atoms with Crippen LogP contribution >= 0.6 is 0 Å². The highest BCUT2D eigenvalue weighted by atomic mass is 15.1. The molecule has 1 aromatic carbocycles. The third kappa shape index (κ3) is 2.15. The van der Waals surface area contributed by atoms with Gasteiger partial charge in [-0.3, -0.25) is 4.98 Å². The predicted molar refractivity (Wildman–Crippen MR) is 63.4 cm³/mol. The lowest BCUT2D eigenvalue weighted by Gasteiger charge is -2.22. The Kier molecular flexibility index (Phi) is 2.98. The van der Waals surface area contributed by atoms with Crippen molar-refractivity contribution in [2.75, 3.05) is 11.4 Å². The summed E-state index contributed by atoms with van der Waals surface area (Å²) in [5.41, 5.74) is 2.39. The van der Waals surface area contributed by atoms with Crippen molar-refractivity contribution in [1.29, 1.82) is 0 Å². The molecule has 0 bridgehead atoms. The highest BCUT2D eigenvalue weighted by molar-refractivity contribution is 5.62. The number of nitrogens with zero attached hydrogens (tertiary/aromatic N) is 2. The number of anilines is 2. The second-order valence-corrected chi connectivity index (χ2v) is 3.29. The average Bonchev–Trinajstić information content (AvgIpc) is 2.33. The molecule has 2 rings (SSSR count). The maximum atomic E-state index is 4.03. The van der Waals surface area contributed by atoms with Gasteiger partial charge in [-0.25, -0.2) is 0 Å². The fourth-order valence-corrected chi connectivity index (χ4v) is 1.65. The molecule has 0 saturated carbocycles. The SMILES string of the molecule is CCN(c1ccccc1)c1ccncc1. The van der Waals surface area contributed by atoms with E-state index in [4.69, 9.17) is 0 Å². The number of pyridine rings is 1. The van der Waals surface area contributed by atoms with Crippen molar-refractivity contribution in [3.63, 3.8) is 0 Å². The third-order valence-corrected chi connectivity index (χ3v) is 2.36. The van der Waals surface area contributed by atoms with E-state index >= 15 is 0 Å². The van der Waals surface area contributed by atoms with Crippen LogP contribution in [-0.2, 0) is 0 Å². The molecular weight excluding hydrogens is 184 g/mol. The molecule has 0 aliphatic carbocycles. The Balaban J connectivity index is 2.34. The minimum atomic E-state index is 0.952. The Hall–Kier alpha value is -1.83. The van der Waals surface area contributed by atoms with Crippen molar-refractivity contribution in [2.45, 2.75) is 6.92 Å². The van der Waals surface area contributed by atoms with Crippen LogP contribution in [0.15, 0.2) is 54.9 Å². The van der Waals surface area contributed by atoms with Gasteiger partial charge in [-0.2, -0.15) is 0 Å². The van der Waals surface area contributed by atoms with Gasteiger partial charge in [-0.05, 0) is 31.2 Å². The van der Waals surface area contributed by atoms with Crippen LogP contribution in [0.1, 0.15) is 6.92 Å². The van der Waals surface area contributed by atoms with Crippen LogP contribution in [0.2, 0.25) is 0 Å². The second-order valence-electron chi connectivity index (χ2n) is 3.29. The van der Waals surface area contributed by atoms with E-state index in [2.05, 4.69) is 41.1 Å². The summed E-state index contributed by atoms with van der Waals surface area (Å²) in [5.74, 6) is 0. The molecule has 0 aliphatic heterocycles. The Labute approximate surface area is 90.2 Å². The van der Waals surface area contributed by atoms with Crippen LogP contribution in [0.25, 0.3) is 0 Å². The molecule has 0 aliphatic rings. The lowest BCUT2D eigenvalue weighted by atomic mass is 10.2. The Morgan fingerprint density at radius 3 is 2.13 bits per heavy atom. The van der Waals surface area contributed by atoms with Gasteiger partial charge >= 0.3 is 0 Å². The average molecular weight is 198 g/mol. The van der Waals surface area contributed by atoms with Gasteiger partial charge in [0.1, 0.15) is 0 Å². The minimum absolute atomic E-state index is 0.952. The molecule has 1 aromatic heterocycles. The number of hydrogen-bond donors (Lipinski definition) is 0. The molecule has 76 valence electrons. The third-order valence-electron chi connectivity index (χ3n) is 2.36. The first-order valence-corrected chi connectivity index (χ1v) is 5.14. The van der Waals surface area contributed by atoms with Crippen molar-refractivity contribution in [3.05, 3.63) is 54.9 Å². The van der Waals surface area contributed by atoms with Crippen LogP contribution in [0.3, 0.4) is 0 Å². The molecule has 2 heteroatoms. The van der Waals surface area contributed by atoms with E-state index in [9.17, 15) is 0 Å². The summed E-state index contributed by atoms with van der Waals surface area (Å²) in [6, 6.07) is 14.4. The molecule has 0 N–H and O–H groups in total. The summed E-state index contributed by atoms with van der Waals surface area (Å²) >= 11 is 0. The highest BCUT2D eigenvalue weighted by Gasteiger charge is 2.04. The van der Waals surface area contributed by atoms with Crippen molar-refractivity contribution in [2.24, 2.45) is 0 Å². The first kappa shape index (κ1) is 9.71. The molecule has 0 amide bonds. The molecule has 0 radical (unpaired) electrons. The fourth-order valence-electron chi connectivity index (χ4n) is 1.65. The van der Waals surface area contributed by atoms with Crippen molar-refractivity contribution in [3.8, 4) is 0 Å². The van der Waals surface area contributed by atoms with Crippen LogP contribution in [-0.4, -0.2) is 11.5 Å². The van der Waals surface area contributed by atoms with Gasteiger partial charge in [0.25, 0.3) is 0 Å². The first-order valence-electron chi connectivity index (χ1n) is 5.14. The molecule has 0 fully saturated rings. The number of hydrogen-bond acceptors (Lipinski definition) is 2. The maximum absolute atomic E-state index is 4.03. The van der Waals surface area contributed by atoms with Gasteiger partial charge in [0, 0.05) is 30.3 Å². The van der Waals surface area contributed by atoms with E-state index in [0.29, 0.717) is 0 Å². The molecule has 15 heavy (non-hydrogen) atoms. The number of aromatic nitrogens is 1. The van der Waals surface area contributed by atoms with Gasteiger partial charge < -0.3 is 4.90 Å². The van der Waals surface area contributed by atoms with E-state index < -0.39 is 0 Å². The predicted octanol–water partition coefficient (Wildman–Crippen LogP) is 3.24. The highest BCUT2D eigenvalue weighted by Crippen LogP contribution is 2.23. The molecule has 0 atom stereocenters. The Morgan fingerprint density at radius 1 is 0.933 bits per heavy atom. The second kappa shape index (κ2) is 4.60. The molecule has 0 unspecified atom stereocenters. The Bertz CT molecular complexity index is 358. The van der Waals surface area contributed by atoms with Crippen molar-refractivity contribution in [1.82, 2.24) is 4.98 Å². The monoisotopic (exact) mass is 198 g/mol. The summed E-state index contributed by atoms with van der Waals surface area (Å²) in [7, 11) is 0. The zero-order chi connectivity index (χ0) is 10.5. The fraction of sp³-hybridized carbons (Fsp3) is 0.154. The quantitative estimate of drug-likeness (QED) is 0.752. The van der Waals surface area contributed by atoms with Crippen molar-refractivity contribution < 1.29 is 0 Å². The van der Waals surface area contributed by atoms with Gasteiger partial charge in [0.05, 0.1) is 0 Å². The molecule has 2 nitrogen and oxygen atoms in total. The minimum Gasteiger partial charge on any atom is -0.342 e. The van der Waals surface area contributed by atoms with E-state index in [1.54, 1.807) is 0 Å². The normalized spacial score (nSPS) is 9.93. The summed E-state index contributed by atoms with van der Waals surface area (Å²) in [5, 5.41) is 0. The Morgan fingerprint density at radius 2 is 1.53 bits per heavy atom. The summed E-state index contributed by atoms with van der Waals surface area (Å²) in [6.45, 7) is 3.10. The van der Waals surface area contributed by atoms with E-state index in [1.165, 1.54) is 11.4 Å². The van der Waals surface area contributed by atoms with Crippen LogP contribution in [0, 0.1) is 0 Å². The number of para-hydroxylation sites is 1. The van der Waals surface area contributed by atoms with E-state index in [1.807, 2.05) is 30.6 Å². The van der Waals surface area contributed by atoms with E-state index in [0.717, 1.165) is 6.54 Å². The van der Waals surface area contributed by atoms with Gasteiger partial charge in [-0.1, -0.05) is 18.2 Å². The maximum Gasteiger partial charge on any atom is 0.0441 e. The van der Waals surface area contributed by atoms with Crippen molar-refractivity contribution >= 4 is 11.4 Å². The molecule has 1 heterocycles. The smallest absolute Gasteiger partial charge is 0.0441 e. The zero-order valence-electron chi connectivity index (χ0n) is 8.80. The molecular formula is C13H14N2. The van der Waals surface area contributed by atoms with Crippen LogP contribution < -0.4 is 4.90 Å². The molecule has 2 aromatic rings. The first-order chi connectivity index (χ1) is 7.42. The van der Waals surface area contributed by atoms with Crippen LogP contribution in [0.4, 0.5) is 11.4 Å². The van der Waals surface area contributed by atoms with Crippen LogP contribution in [0.5, 0.6) is 0 Å². The summed E-state index contributed by atoms with van der Waals surface area (Å²) in [4.78, 5) is 6.28. The van der Waals surface area contributed by atoms with Gasteiger partial charge in [0.15, 0.2) is 0 Å². The lowest BCUT2D eigenvalue weighted by molar-refractivity contribution is 1.02. The van der Waals surface area contributed by atoms with E-state index in [-0.39, 0.29) is 0 Å². The zero-order valence-corrected chi connectivity index (χ0v) is 8.80. The lowest BCUT2D eigenvalue weighted by Crippen LogP contribution is -2.15. The summed E-state index contributed by atoms with van der Waals surface area (Å²) in [6.07, 6.45) is 3.64. The number of benzene rings is 1. The van der Waals surface area contributed by atoms with Gasteiger partial charge in [-0.15, -0.1) is 0 Å². The molecule has 0 saturated heterocycles. The standard InChI is InChI=1S/C13H14N2/c1-2-15(12-6-4-3-5-7-12)13-8-10-14-11-9-13/h3-11H,2H2,1H3. The molecule has 0 spiro atoms. The largest absolute Gasteiger partial charge is 0.342 e. The summed E-state index contributed by atoms with van der Waals surface area (Å²) < 4.78 is 0. The van der Waals surface area contributed by atoms with Gasteiger partial charge in [0.2, 0.25) is 0 Å².